The van der Waals surface area contributed by atoms with E-state index >= 15 is 0 Å². The fourth-order valence-corrected chi connectivity index (χ4v) is 4.05. The van der Waals surface area contributed by atoms with Crippen molar-refractivity contribution in [3.63, 3.8) is 0 Å². The molecule has 2 N–H and O–H groups in total. The van der Waals surface area contributed by atoms with Crippen molar-refractivity contribution < 1.29 is 5.21 Å². The van der Waals surface area contributed by atoms with Crippen molar-refractivity contribution in [1.29, 1.82) is 0 Å². The molecule has 0 amide bonds. The first-order valence-corrected chi connectivity index (χ1v) is 8.67. The van der Waals surface area contributed by atoms with Crippen molar-refractivity contribution in [2.75, 3.05) is 0 Å². The molecule has 0 saturated heterocycles. The third-order valence-electron chi connectivity index (χ3n) is 4.99. The number of aryl methyl sites for hydroxylation is 1. The molecule has 2 aromatic heterocycles. The summed E-state index contributed by atoms with van der Waals surface area (Å²) in [6.45, 7) is 6.60. The van der Waals surface area contributed by atoms with Crippen LogP contribution in [0.3, 0.4) is 0 Å². The molecule has 4 nitrogen and oxygen atoms in total. The van der Waals surface area contributed by atoms with E-state index in [-0.39, 0.29) is 5.41 Å². The molecule has 0 saturated carbocycles. The molecule has 0 fully saturated rings. The molecule has 0 bridgehead atoms. The van der Waals surface area contributed by atoms with Gasteiger partial charge in [0.25, 0.3) is 0 Å². The SMILES string of the molecule is CCCc1nc2c(c3[nH]c4ccccc4c13)C(=NO)CC(C)(C)C2. The average Bonchev–Trinajstić information content (AvgIpc) is 2.92. The number of aromatic amines is 1. The van der Waals surface area contributed by atoms with Crippen molar-refractivity contribution in [2.45, 2.75) is 46.5 Å². The van der Waals surface area contributed by atoms with Crippen LogP contribution in [0.2, 0.25) is 0 Å². The second kappa shape index (κ2) is 5.33. The minimum absolute atomic E-state index is 0.0603. The Kier molecular flexibility index (Phi) is 3.37. The Labute approximate surface area is 141 Å². The van der Waals surface area contributed by atoms with E-state index in [4.69, 9.17) is 4.98 Å². The monoisotopic (exact) mass is 321 g/mol. The number of pyridine rings is 1. The highest BCUT2D eigenvalue weighted by molar-refractivity contribution is 6.18. The van der Waals surface area contributed by atoms with Gasteiger partial charge in [-0.15, -0.1) is 0 Å². The minimum atomic E-state index is 0.0603. The van der Waals surface area contributed by atoms with E-state index in [1.807, 2.05) is 6.07 Å². The zero-order valence-electron chi connectivity index (χ0n) is 14.5. The maximum absolute atomic E-state index is 9.62. The molecule has 0 unspecified atom stereocenters. The second-order valence-corrected chi connectivity index (χ2v) is 7.62. The topological polar surface area (TPSA) is 61.3 Å². The van der Waals surface area contributed by atoms with Gasteiger partial charge in [-0.25, -0.2) is 0 Å². The zero-order chi connectivity index (χ0) is 16.9. The molecule has 1 aliphatic rings. The molecular formula is C20H23N3O. The van der Waals surface area contributed by atoms with Crippen LogP contribution in [0.15, 0.2) is 29.4 Å². The van der Waals surface area contributed by atoms with Crippen LogP contribution < -0.4 is 0 Å². The van der Waals surface area contributed by atoms with Crippen molar-refractivity contribution in [3.8, 4) is 0 Å². The summed E-state index contributed by atoms with van der Waals surface area (Å²) in [6, 6.07) is 8.35. The smallest absolute Gasteiger partial charge is 0.0912 e. The molecule has 24 heavy (non-hydrogen) atoms. The Morgan fingerprint density at radius 2 is 2.04 bits per heavy atom. The normalized spacial score (nSPS) is 18.4. The predicted molar refractivity (Wildman–Crippen MR) is 98.0 cm³/mol. The lowest BCUT2D eigenvalue weighted by Gasteiger charge is -2.31. The first kappa shape index (κ1) is 15.2. The maximum Gasteiger partial charge on any atom is 0.0912 e. The van der Waals surface area contributed by atoms with Crippen LogP contribution in [0.4, 0.5) is 0 Å². The fourth-order valence-electron chi connectivity index (χ4n) is 4.05. The van der Waals surface area contributed by atoms with Gasteiger partial charge in [-0.05, 0) is 30.7 Å². The lowest BCUT2D eigenvalue weighted by molar-refractivity contribution is 0.306. The summed E-state index contributed by atoms with van der Waals surface area (Å²) in [5, 5.41) is 15.6. The summed E-state index contributed by atoms with van der Waals surface area (Å²) >= 11 is 0. The van der Waals surface area contributed by atoms with Crippen molar-refractivity contribution in [3.05, 3.63) is 41.2 Å². The highest BCUT2D eigenvalue weighted by atomic mass is 16.4. The van der Waals surface area contributed by atoms with Gasteiger partial charge >= 0.3 is 0 Å². The Morgan fingerprint density at radius 3 is 2.79 bits per heavy atom. The van der Waals surface area contributed by atoms with Crippen LogP contribution in [-0.2, 0) is 12.8 Å². The molecule has 124 valence electrons. The van der Waals surface area contributed by atoms with Crippen LogP contribution in [0.5, 0.6) is 0 Å². The lowest BCUT2D eigenvalue weighted by Crippen LogP contribution is -2.29. The minimum Gasteiger partial charge on any atom is -0.411 e. The van der Waals surface area contributed by atoms with Crippen LogP contribution >= 0.6 is 0 Å². The largest absolute Gasteiger partial charge is 0.411 e. The first-order valence-electron chi connectivity index (χ1n) is 8.67. The van der Waals surface area contributed by atoms with E-state index < -0.39 is 0 Å². The van der Waals surface area contributed by atoms with Crippen molar-refractivity contribution in [1.82, 2.24) is 9.97 Å². The molecule has 4 rings (SSSR count). The first-order chi connectivity index (χ1) is 11.5. The van der Waals surface area contributed by atoms with E-state index in [0.717, 1.165) is 59.4 Å². The number of hydrogen-bond donors (Lipinski definition) is 2. The maximum atomic E-state index is 9.62. The van der Waals surface area contributed by atoms with Gasteiger partial charge < -0.3 is 10.2 Å². The number of rotatable bonds is 2. The van der Waals surface area contributed by atoms with Crippen LogP contribution in [0, 0.1) is 5.41 Å². The molecule has 0 radical (unpaired) electrons. The Balaban J connectivity index is 2.13. The Morgan fingerprint density at radius 1 is 1.25 bits per heavy atom. The zero-order valence-corrected chi connectivity index (χ0v) is 14.5. The number of nitrogens with one attached hydrogen (secondary N) is 1. The Bertz CT molecular complexity index is 966. The van der Waals surface area contributed by atoms with Crippen LogP contribution in [0.25, 0.3) is 21.8 Å². The van der Waals surface area contributed by atoms with Gasteiger partial charge in [0.1, 0.15) is 0 Å². The van der Waals surface area contributed by atoms with Gasteiger partial charge in [0.15, 0.2) is 0 Å². The number of benzene rings is 1. The van der Waals surface area contributed by atoms with Crippen LogP contribution in [0.1, 0.15) is 50.6 Å². The molecule has 4 heteroatoms. The number of H-pyrrole nitrogens is 1. The molecule has 1 aromatic carbocycles. The quantitative estimate of drug-likeness (QED) is 0.525. The number of para-hydroxylation sites is 1. The average molecular weight is 321 g/mol. The van der Waals surface area contributed by atoms with Gasteiger partial charge in [0, 0.05) is 21.9 Å². The standard InChI is InChI=1S/C20H23N3O/c1-4-7-14-17-12-8-5-6-9-13(12)22-19(17)18-15(21-14)10-20(2,3)11-16(18)23-24/h5-6,8-9,22,24H,4,7,10-11H2,1-3H3. The van der Waals surface area contributed by atoms with Gasteiger partial charge in [0.05, 0.1) is 22.6 Å². The number of nitrogens with zero attached hydrogens (tertiary/aromatic N) is 2. The molecule has 0 atom stereocenters. The second-order valence-electron chi connectivity index (χ2n) is 7.62. The highest BCUT2D eigenvalue weighted by Crippen LogP contribution is 2.40. The van der Waals surface area contributed by atoms with Crippen LogP contribution in [-0.4, -0.2) is 20.9 Å². The molecular weight excluding hydrogens is 298 g/mol. The van der Waals surface area contributed by atoms with Gasteiger partial charge in [-0.2, -0.15) is 0 Å². The number of oxime groups is 1. The van der Waals surface area contributed by atoms with Gasteiger partial charge in [-0.1, -0.05) is 50.5 Å². The summed E-state index contributed by atoms with van der Waals surface area (Å²) in [6.07, 6.45) is 3.68. The van der Waals surface area contributed by atoms with E-state index in [1.54, 1.807) is 0 Å². The van der Waals surface area contributed by atoms with Crippen molar-refractivity contribution in [2.24, 2.45) is 10.6 Å². The van der Waals surface area contributed by atoms with E-state index in [1.165, 1.54) is 10.8 Å². The summed E-state index contributed by atoms with van der Waals surface area (Å²) in [7, 11) is 0. The Hall–Kier alpha value is -2.36. The molecule has 2 heterocycles. The van der Waals surface area contributed by atoms with Gasteiger partial charge in [-0.3, -0.25) is 4.98 Å². The number of fused-ring (bicyclic) bond motifs is 5. The number of aromatic nitrogens is 2. The summed E-state index contributed by atoms with van der Waals surface area (Å²) in [4.78, 5) is 8.60. The third kappa shape index (κ3) is 2.20. The van der Waals surface area contributed by atoms with Crippen molar-refractivity contribution >= 4 is 27.5 Å². The lowest BCUT2D eigenvalue weighted by atomic mass is 9.74. The number of hydrogen-bond acceptors (Lipinski definition) is 3. The predicted octanol–water partition coefficient (Wildman–Crippen LogP) is 4.82. The van der Waals surface area contributed by atoms with E-state index in [0.29, 0.717) is 0 Å². The molecule has 0 spiro atoms. The molecule has 3 aromatic rings. The van der Waals surface area contributed by atoms with Gasteiger partial charge in [0.2, 0.25) is 0 Å². The fraction of sp³-hybridized carbons (Fsp3) is 0.400. The third-order valence-corrected chi connectivity index (χ3v) is 4.99. The van der Waals surface area contributed by atoms with E-state index in [9.17, 15) is 5.21 Å². The molecule has 1 aliphatic carbocycles. The highest BCUT2D eigenvalue weighted by Gasteiger charge is 2.33. The molecule has 0 aliphatic heterocycles. The summed E-state index contributed by atoms with van der Waals surface area (Å²) in [5.41, 5.74) is 6.21. The summed E-state index contributed by atoms with van der Waals surface area (Å²) < 4.78 is 0. The summed E-state index contributed by atoms with van der Waals surface area (Å²) in [5.74, 6) is 0. The van der Waals surface area contributed by atoms with E-state index in [2.05, 4.69) is 49.1 Å².